The van der Waals surface area contributed by atoms with Crippen LogP contribution >= 0.6 is 11.6 Å². The van der Waals surface area contributed by atoms with E-state index in [1.165, 1.54) is 0 Å². The highest BCUT2D eigenvalue weighted by atomic mass is 35.5. The summed E-state index contributed by atoms with van der Waals surface area (Å²) in [6, 6.07) is 7.41. The molecule has 0 atom stereocenters. The Hall–Kier alpha value is -1.96. The Balaban J connectivity index is 1.18. The zero-order valence-electron chi connectivity index (χ0n) is 17.7. The standard InChI is InChI=1S/C22H30ClN5O2/c1-3-27(4-2)10-9-24-21(29)17-11-22(12-17)14-28(15-22)13-19-25-20(26-30-19)16-5-7-18(23)8-6-16/h5-8,17H,3-4,9-15H2,1-2H3,(H,24,29). The normalized spacial score (nSPS) is 18.4. The van der Waals surface area contributed by atoms with Crippen molar-refractivity contribution in [3.05, 3.63) is 35.2 Å². The molecule has 1 aromatic carbocycles. The van der Waals surface area contributed by atoms with Crippen LogP contribution in [0.3, 0.4) is 0 Å². The molecule has 2 heterocycles. The van der Waals surface area contributed by atoms with E-state index in [0.717, 1.165) is 57.7 Å². The molecule has 1 saturated carbocycles. The minimum absolute atomic E-state index is 0.170. The van der Waals surface area contributed by atoms with E-state index in [0.29, 0.717) is 28.7 Å². The number of aromatic nitrogens is 2. The smallest absolute Gasteiger partial charge is 0.241 e. The minimum atomic E-state index is 0.170. The molecule has 0 unspecified atom stereocenters. The van der Waals surface area contributed by atoms with E-state index in [1.54, 1.807) is 0 Å². The van der Waals surface area contributed by atoms with Gasteiger partial charge in [-0.05, 0) is 55.6 Å². The third-order valence-corrected chi connectivity index (χ3v) is 6.65. The molecular weight excluding hydrogens is 402 g/mol. The second-order valence-corrected chi connectivity index (χ2v) is 9.02. The van der Waals surface area contributed by atoms with Crippen molar-refractivity contribution in [2.24, 2.45) is 11.3 Å². The van der Waals surface area contributed by atoms with Crippen molar-refractivity contribution in [3.8, 4) is 11.4 Å². The van der Waals surface area contributed by atoms with Crippen LogP contribution in [-0.4, -0.2) is 65.1 Å². The first kappa shape index (κ1) is 21.3. The topological polar surface area (TPSA) is 74.5 Å². The van der Waals surface area contributed by atoms with Crippen molar-refractivity contribution in [1.82, 2.24) is 25.3 Å². The molecule has 1 aromatic heterocycles. The van der Waals surface area contributed by atoms with Gasteiger partial charge in [0.25, 0.3) is 0 Å². The molecule has 1 N–H and O–H groups in total. The molecule has 1 aliphatic carbocycles. The molecule has 1 aliphatic heterocycles. The quantitative estimate of drug-likeness (QED) is 0.657. The molecule has 2 aliphatic rings. The zero-order chi connectivity index (χ0) is 21.1. The molecule has 2 fully saturated rings. The van der Waals surface area contributed by atoms with Crippen molar-refractivity contribution in [2.75, 3.05) is 39.3 Å². The van der Waals surface area contributed by atoms with Crippen LogP contribution in [0, 0.1) is 11.3 Å². The second-order valence-electron chi connectivity index (χ2n) is 8.59. The average Bonchev–Trinajstić information content (AvgIpc) is 3.15. The van der Waals surface area contributed by atoms with E-state index in [4.69, 9.17) is 16.1 Å². The molecule has 1 amide bonds. The first-order valence-electron chi connectivity index (χ1n) is 10.8. The van der Waals surface area contributed by atoms with Crippen LogP contribution in [0.25, 0.3) is 11.4 Å². The SMILES string of the molecule is CCN(CC)CCNC(=O)C1CC2(C1)CN(Cc1nc(-c3ccc(Cl)cc3)no1)C2. The van der Waals surface area contributed by atoms with Crippen molar-refractivity contribution in [2.45, 2.75) is 33.2 Å². The number of nitrogens with one attached hydrogen (secondary N) is 1. The molecule has 0 bridgehead atoms. The number of benzene rings is 1. The highest BCUT2D eigenvalue weighted by molar-refractivity contribution is 6.30. The van der Waals surface area contributed by atoms with Crippen molar-refractivity contribution >= 4 is 17.5 Å². The molecule has 1 saturated heterocycles. The van der Waals surface area contributed by atoms with Gasteiger partial charge in [0.05, 0.1) is 6.54 Å². The Kier molecular flexibility index (Phi) is 6.41. The van der Waals surface area contributed by atoms with Gasteiger partial charge in [-0.2, -0.15) is 4.98 Å². The van der Waals surface area contributed by atoms with Gasteiger partial charge < -0.3 is 14.7 Å². The maximum atomic E-state index is 12.4. The van der Waals surface area contributed by atoms with Gasteiger partial charge in [-0.3, -0.25) is 9.69 Å². The number of likely N-dealkylation sites (tertiary alicyclic amines) is 1. The molecule has 1 spiro atoms. The van der Waals surface area contributed by atoms with Gasteiger partial charge in [0, 0.05) is 42.7 Å². The maximum absolute atomic E-state index is 12.4. The Bertz CT molecular complexity index is 851. The molecule has 8 heteroatoms. The Morgan fingerprint density at radius 1 is 1.27 bits per heavy atom. The summed E-state index contributed by atoms with van der Waals surface area (Å²) in [7, 11) is 0. The molecular formula is C22H30ClN5O2. The van der Waals surface area contributed by atoms with Gasteiger partial charge in [0.15, 0.2) is 0 Å². The van der Waals surface area contributed by atoms with E-state index in [2.05, 4.69) is 39.1 Å². The van der Waals surface area contributed by atoms with E-state index in [1.807, 2.05) is 24.3 Å². The van der Waals surface area contributed by atoms with Crippen LogP contribution in [0.5, 0.6) is 0 Å². The third kappa shape index (κ3) is 4.68. The number of amides is 1. The Morgan fingerprint density at radius 2 is 1.97 bits per heavy atom. The average molecular weight is 432 g/mol. The number of hydrogen-bond acceptors (Lipinski definition) is 6. The summed E-state index contributed by atoms with van der Waals surface area (Å²) in [5.41, 5.74) is 1.20. The van der Waals surface area contributed by atoms with E-state index in [-0.39, 0.29) is 11.8 Å². The van der Waals surface area contributed by atoms with Gasteiger partial charge >= 0.3 is 0 Å². The lowest BCUT2D eigenvalue weighted by Crippen LogP contribution is -2.63. The highest BCUT2D eigenvalue weighted by Crippen LogP contribution is 2.52. The van der Waals surface area contributed by atoms with Crippen molar-refractivity contribution in [3.63, 3.8) is 0 Å². The summed E-state index contributed by atoms with van der Waals surface area (Å²) in [5.74, 6) is 1.60. The molecule has 0 radical (unpaired) electrons. The molecule has 7 nitrogen and oxygen atoms in total. The highest BCUT2D eigenvalue weighted by Gasteiger charge is 2.54. The van der Waals surface area contributed by atoms with Gasteiger partial charge in [-0.15, -0.1) is 0 Å². The van der Waals surface area contributed by atoms with Crippen LogP contribution in [-0.2, 0) is 11.3 Å². The summed E-state index contributed by atoms with van der Waals surface area (Å²) in [6.45, 7) is 10.7. The van der Waals surface area contributed by atoms with E-state index < -0.39 is 0 Å². The predicted molar refractivity (Wildman–Crippen MR) is 116 cm³/mol. The summed E-state index contributed by atoms with van der Waals surface area (Å²) in [4.78, 5) is 21.5. The third-order valence-electron chi connectivity index (χ3n) is 6.40. The van der Waals surface area contributed by atoms with Crippen molar-refractivity contribution in [1.29, 1.82) is 0 Å². The number of rotatable bonds is 9. The monoisotopic (exact) mass is 431 g/mol. The van der Waals surface area contributed by atoms with Crippen molar-refractivity contribution < 1.29 is 9.32 Å². The van der Waals surface area contributed by atoms with Gasteiger partial charge in [-0.25, -0.2) is 0 Å². The zero-order valence-corrected chi connectivity index (χ0v) is 18.5. The predicted octanol–water partition coefficient (Wildman–Crippen LogP) is 3.06. The Morgan fingerprint density at radius 3 is 2.63 bits per heavy atom. The fraction of sp³-hybridized carbons (Fsp3) is 0.591. The number of carbonyl (C=O) groups excluding carboxylic acids is 1. The number of carbonyl (C=O) groups is 1. The molecule has 30 heavy (non-hydrogen) atoms. The first-order chi connectivity index (χ1) is 14.5. The van der Waals surface area contributed by atoms with Gasteiger partial charge in [0.1, 0.15) is 0 Å². The van der Waals surface area contributed by atoms with Crippen LogP contribution in [0.4, 0.5) is 0 Å². The van der Waals surface area contributed by atoms with E-state index in [9.17, 15) is 4.79 Å². The largest absolute Gasteiger partial charge is 0.355 e. The summed E-state index contributed by atoms with van der Waals surface area (Å²) in [6.07, 6.45) is 1.97. The number of halogens is 1. The lowest BCUT2D eigenvalue weighted by Gasteiger charge is -2.58. The van der Waals surface area contributed by atoms with E-state index >= 15 is 0 Å². The van der Waals surface area contributed by atoms with Crippen LogP contribution in [0.2, 0.25) is 5.02 Å². The van der Waals surface area contributed by atoms with Crippen LogP contribution in [0.15, 0.2) is 28.8 Å². The summed E-state index contributed by atoms with van der Waals surface area (Å²) >= 11 is 5.93. The number of hydrogen-bond donors (Lipinski definition) is 1. The first-order valence-corrected chi connectivity index (χ1v) is 11.2. The Labute approximate surface area is 182 Å². The van der Waals surface area contributed by atoms with Gasteiger partial charge in [-0.1, -0.05) is 30.6 Å². The fourth-order valence-electron chi connectivity index (χ4n) is 4.69. The van der Waals surface area contributed by atoms with Crippen LogP contribution in [0.1, 0.15) is 32.6 Å². The maximum Gasteiger partial charge on any atom is 0.241 e. The van der Waals surface area contributed by atoms with Crippen LogP contribution < -0.4 is 5.32 Å². The lowest BCUT2D eigenvalue weighted by atomic mass is 9.57. The summed E-state index contributed by atoms with van der Waals surface area (Å²) < 4.78 is 5.41. The fourth-order valence-corrected chi connectivity index (χ4v) is 4.82. The second kappa shape index (κ2) is 9.04. The lowest BCUT2D eigenvalue weighted by molar-refractivity contribution is -0.145. The number of likely N-dealkylation sites (N-methyl/N-ethyl adjacent to an activating group) is 1. The van der Waals surface area contributed by atoms with Gasteiger partial charge in [0.2, 0.25) is 17.6 Å². The molecule has 162 valence electrons. The molecule has 2 aromatic rings. The summed E-state index contributed by atoms with van der Waals surface area (Å²) in [5, 5.41) is 7.87. The molecule has 4 rings (SSSR count). The number of nitrogens with zero attached hydrogens (tertiary/aromatic N) is 4. The minimum Gasteiger partial charge on any atom is -0.355 e.